The van der Waals surface area contributed by atoms with Crippen LogP contribution in [0.2, 0.25) is 10.0 Å². The molecule has 2 aromatic rings. The maximum absolute atomic E-state index is 13.5. The Morgan fingerprint density at radius 1 is 1.06 bits per heavy atom. The number of thioether (sulfide) groups is 1. The van der Waals surface area contributed by atoms with E-state index in [4.69, 9.17) is 35.4 Å². The molecule has 1 atom stereocenters. The van der Waals surface area contributed by atoms with E-state index in [1.807, 2.05) is 32.0 Å². The summed E-state index contributed by atoms with van der Waals surface area (Å²) in [6, 6.07) is 13.8. The first-order chi connectivity index (χ1) is 16.6. The first-order valence-corrected chi connectivity index (χ1v) is 13.5. The summed E-state index contributed by atoms with van der Waals surface area (Å²) in [6.45, 7) is 8.62. The third kappa shape index (κ3) is 6.30. The predicted octanol–water partition coefficient (Wildman–Crippen LogP) is 4.55. The van der Waals surface area contributed by atoms with Crippen LogP contribution >= 0.6 is 47.2 Å². The van der Waals surface area contributed by atoms with Crippen molar-refractivity contribution >= 4 is 69.0 Å². The lowest BCUT2D eigenvalue weighted by Gasteiger charge is -2.43. The number of piperazine rings is 1. The van der Waals surface area contributed by atoms with Crippen LogP contribution in [0.1, 0.15) is 24.2 Å². The van der Waals surface area contributed by atoms with Gasteiger partial charge in [0.2, 0.25) is 0 Å². The Morgan fingerprint density at radius 2 is 1.74 bits per heavy atom. The van der Waals surface area contributed by atoms with E-state index in [1.54, 1.807) is 29.2 Å². The monoisotopic (exact) mass is 550 g/mol. The smallest absolute Gasteiger partial charge is 0.252 e. The number of anilines is 1. The maximum Gasteiger partial charge on any atom is 0.252 e. The van der Waals surface area contributed by atoms with Gasteiger partial charge in [-0.15, -0.1) is 0 Å². The lowest BCUT2D eigenvalue weighted by molar-refractivity contribution is -0.130. The predicted molar refractivity (Wildman–Crippen MR) is 149 cm³/mol. The second-order valence-electron chi connectivity index (χ2n) is 9.18. The van der Waals surface area contributed by atoms with E-state index in [9.17, 15) is 9.59 Å². The van der Waals surface area contributed by atoms with E-state index in [-0.39, 0.29) is 11.8 Å². The van der Waals surface area contributed by atoms with Gasteiger partial charge in [-0.1, -0.05) is 53.2 Å². The largest absolute Gasteiger partial charge is 0.369 e. The van der Waals surface area contributed by atoms with Crippen LogP contribution in [0.4, 0.5) is 5.69 Å². The average Bonchev–Trinajstić information content (AvgIpc) is 2.82. The van der Waals surface area contributed by atoms with Crippen LogP contribution in [-0.2, 0) is 4.79 Å². The van der Waals surface area contributed by atoms with E-state index >= 15 is 0 Å². The molecule has 0 spiro atoms. The van der Waals surface area contributed by atoms with Crippen molar-refractivity contribution < 1.29 is 9.59 Å². The van der Waals surface area contributed by atoms with Gasteiger partial charge in [0.05, 0.1) is 0 Å². The third-order valence-corrected chi connectivity index (χ3v) is 8.46. The van der Waals surface area contributed by atoms with E-state index in [0.717, 1.165) is 36.9 Å². The van der Waals surface area contributed by atoms with Gasteiger partial charge < -0.3 is 10.2 Å². The fourth-order valence-electron chi connectivity index (χ4n) is 4.28. The van der Waals surface area contributed by atoms with Crippen molar-refractivity contribution in [3.05, 3.63) is 64.1 Å². The van der Waals surface area contributed by atoms with Gasteiger partial charge in [0, 0.05) is 65.3 Å². The van der Waals surface area contributed by atoms with E-state index in [2.05, 4.69) is 21.2 Å². The van der Waals surface area contributed by atoms with E-state index in [1.165, 1.54) is 11.8 Å². The molecule has 0 bridgehead atoms. The molecule has 0 aromatic heterocycles. The number of carbonyl (C=O) groups excluding carboxylic acids is 2. The molecule has 4 rings (SSSR count). The number of hydrogen-bond acceptors (Lipinski definition) is 6. The summed E-state index contributed by atoms with van der Waals surface area (Å²) in [7, 11) is 0. The molecular formula is C25H28Cl2N4O2S2. The Labute approximate surface area is 225 Å². The van der Waals surface area contributed by atoms with Gasteiger partial charge in [0.15, 0.2) is 0 Å². The number of nitrogens with zero attached hydrogens (tertiary/aromatic N) is 3. The number of benzene rings is 2. The molecule has 186 valence electrons. The fourth-order valence-corrected chi connectivity index (χ4v) is 6.43. The molecule has 2 aromatic carbocycles. The zero-order valence-corrected chi connectivity index (χ0v) is 22.8. The Kier molecular flexibility index (Phi) is 8.28. The van der Waals surface area contributed by atoms with Gasteiger partial charge in [-0.2, -0.15) is 0 Å². The SMILES string of the molecule is CC1(C)SC(=S)N(CCN2CCN(c3cccc(Cl)c3)CC2)C(=O)C1NC(=O)c1ccc(Cl)cc1. The lowest BCUT2D eigenvalue weighted by atomic mass is 10.0. The van der Waals surface area contributed by atoms with Crippen molar-refractivity contribution in [3.8, 4) is 0 Å². The molecule has 0 aliphatic carbocycles. The fraction of sp³-hybridized carbons (Fsp3) is 0.400. The normalized spacial score (nSPS) is 20.7. The number of halogens is 2. The van der Waals surface area contributed by atoms with Gasteiger partial charge >= 0.3 is 0 Å². The minimum atomic E-state index is -0.693. The molecule has 2 saturated heterocycles. The van der Waals surface area contributed by atoms with Crippen LogP contribution in [0.25, 0.3) is 0 Å². The molecule has 2 amide bonds. The maximum atomic E-state index is 13.5. The summed E-state index contributed by atoms with van der Waals surface area (Å²) in [5.74, 6) is -0.475. The minimum Gasteiger partial charge on any atom is -0.369 e. The molecule has 2 fully saturated rings. The van der Waals surface area contributed by atoms with Gasteiger partial charge in [-0.3, -0.25) is 19.4 Å². The van der Waals surface area contributed by atoms with Crippen molar-refractivity contribution in [2.75, 3.05) is 44.2 Å². The number of hydrogen-bond donors (Lipinski definition) is 1. The Balaban J connectivity index is 1.35. The van der Waals surface area contributed by atoms with Gasteiger partial charge in [-0.25, -0.2) is 0 Å². The van der Waals surface area contributed by atoms with E-state index < -0.39 is 10.8 Å². The highest BCUT2D eigenvalue weighted by Crippen LogP contribution is 2.36. The number of thiocarbonyl (C=S) groups is 1. The third-order valence-electron chi connectivity index (χ3n) is 6.35. The van der Waals surface area contributed by atoms with Crippen molar-refractivity contribution in [1.29, 1.82) is 0 Å². The van der Waals surface area contributed by atoms with Crippen molar-refractivity contribution in [2.24, 2.45) is 0 Å². The molecule has 35 heavy (non-hydrogen) atoms. The van der Waals surface area contributed by atoms with Crippen LogP contribution in [0.15, 0.2) is 48.5 Å². The molecule has 2 aliphatic heterocycles. The molecule has 0 saturated carbocycles. The summed E-state index contributed by atoms with van der Waals surface area (Å²) in [5.41, 5.74) is 1.59. The topological polar surface area (TPSA) is 55.9 Å². The summed E-state index contributed by atoms with van der Waals surface area (Å²) < 4.78 is -0.00967. The number of carbonyl (C=O) groups is 2. The van der Waals surface area contributed by atoms with Crippen molar-refractivity contribution in [3.63, 3.8) is 0 Å². The Hall–Kier alpha value is -1.84. The zero-order chi connectivity index (χ0) is 25.2. The summed E-state index contributed by atoms with van der Waals surface area (Å²) >= 11 is 19.1. The van der Waals surface area contributed by atoms with Crippen LogP contribution < -0.4 is 10.2 Å². The first-order valence-electron chi connectivity index (χ1n) is 11.5. The summed E-state index contributed by atoms with van der Waals surface area (Å²) in [6.07, 6.45) is 0. The molecule has 1 N–H and O–H groups in total. The first kappa shape index (κ1) is 26.2. The standard InChI is InChI=1S/C25H28Cl2N4O2S2/c1-25(2)21(28-22(32)17-6-8-18(26)9-7-17)23(33)31(24(34)35-25)15-12-29-10-13-30(14-11-29)20-5-3-4-19(27)16-20/h3-9,16,21H,10-15H2,1-2H3,(H,28,32). The van der Waals surface area contributed by atoms with Crippen LogP contribution in [-0.4, -0.2) is 76.0 Å². The van der Waals surface area contributed by atoms with Crippen LogP contribution in [0.5, 0.6) is 0 Å². The molecule has 0 radical (unpaired) electrons. The molecule has 2 heterocycles. The molecule has 2 aliphatic rings. The summed E-state index contributed by atoms with van der Waals surface area (Å²) in [4.78, 5) is 32.6. The molecular weight excluding hydrogens is 523 g/mol. The molecule has 1 unspecified atom stereocenters. The second kappa shape index (κ2) is 11.0. The quantitative estimate of drug-likeness (QED) is 0.532. The highest BCUT2D eigenvalue weighted by molar-refractivity contribution is 8.24. The zero-order valence-electron chi connectivity index (χ0n) is 19.7. The minimum absolute atomic E-state index is 0.168. The van der Waals surface area contributed by atoms with Gasteiger partial charge in [0.1, 0.15) is 10.4 Å². The Bertz CT molecular complexity index is 1100. The number of nitrogens with one attached hydrogen (secondary N) is 1. The second-order valence-corrected chi connectivity index (χ2v) is 12.3. The van der Waals surface area contributed by atoms with Crippen molar-refractivity contribution in [2.45, 2.75) is 24.6 Å². The van der Waals surface area contributed by atoms with Crippen LogP contribution in [0, 0.1) is 0 Å². The number of rotatable bonds is 6. The van der Waals surface area contributed by atoms with E-state index in [0.29, 0.717) is 28.0 Å². The molecule has 10 heteroatoms. The van der Waals surface area contributed by atoms with Crippen LogP contribution in [0.3, 0.4) is 0 Å². The average molecular weight is 552 g/mol. The summed E-state index contributed by atoms with van der Waals surface area (Å²) in [5, 5.41) is 4.22. The van der Waals surface area contributed by atoms with Crippen molar-refractivity contribution in [1.82, 2.24) is 15.1 Å². The number of amides is 2. The molecule has 6 nitrogen and oxygen atoms in total. The highest BCUT2D eigenvalue weighted by atomic mass is 35.5. The lowest BCUT2D eigenvalue weighted by Crippen LogP contribution is -2.63. The Morgan fingerprint density at radius 3 is 2.40 bits per heavy atom. The highest BCUT2D eigenvalue weighted by Gasteiger charge is 2.46. The van der Waals surface area contributed by atoms with Gasteiger partial charge in [0.25, 0.3) is 11.8 Å². The van der Waals surface area contributed by atoms with Gasteiger partial charge in [-0.05, 0) is 56.3 Å².